The van der Waals surface area contributed by atoms with Crippen LogP contribution in [-0.2, 0) is 4.74 Å². The summed E-state index contributed by atoms with van der Waals surface area (Å²) < 4.78 is 31.0. The summed E-state index contributed by atoms with van der Waals surface area (Å²) in [5.41, 5.74) is 0.890. The summed E-state index contributed by atoms with van der Waals surface area (Å²) in [6, 6.07) is 0.125. The first-order valence-corrected chi connectivity index (χ1v) is 7.67. The van der Waals surface area contributed by atoms with E-state index in [1.54, 1.807) is 6.20 Å². The predicted molar refractivity (Wildman–Crippen MR) is 80.1 cm³/mol. The zero-order valence-electron chi connectivity index (χ0n) is 12.8. The lowest BCUT2D eigenvalue weighted by atomic mass is 10.1. The van der Waals surface area contributed by atoms with Crippen LogP contribution in [-0.4, -0.2) is 36.0 Å². The maximum Gasteiger partial charge on any atom is 0.261 e. The molecule has 0 saturated heterocycles. The van der Waals surface area contributed by atoms with Gasteiger partial charge in [0.15, 0.2) is 0 Å². The molecule has 0 aliphatic rings. The first kappa shape index (κ1) is 18.3. The summed E-state index contributed by atoms with van der Waals surface area (Å²) in [6.07, 6.45) is 0.737. The van der Waals surface area contributed by atoms with E-state index >= 15 is 0 Å². The third-order valence-corrected chi connectivity index (χ3v) is 3.33. The van der Waals surface area contributed by atoms with Crippen LogP contribution in [0.5, 0.6) is 0 Å². The zero-order chi connectivity index (χ0) is 15.8. The van der Waals surface area contributed by atoms with Crippen molar-refractivity contribution in [1.82, 2.24) is 15.1 Å². The molecule has 1 N–H and O–H groups in total. The first-order valence-electron chi connectivity index (χ1n) is 7.29. The molecule has 0 aromatic carbocycles. The third-order valence-electron chi connectivity index (χ3n) is 3.04. The van der Waals surface area contributed by atoms with E-state index in [1.807, 2.05) is 18.5 Å². The molecule has 1 rings (SSSR count). The number of hydrogen-bond acceptors (Lipinski definition) is 3. The van der Waals surface area contributed by atoms with E-state index in [-0.39, 0.29) is 18.7 Å². The number of alkyl halides is 2. The van der Waals surface area contributed by atoms with Crippen molar-refractivity contribution in [3.63, 3.8) is 0 Å². The van der Waals surface area contributed by atoms with Crippen molar-refractivity contribution in [2.24, 2.45) is 0 Å². The van der Waals surface area contributed by atoms with Gasteiger partial charge in [-0.3, -0.25) is 4.68 Å². The maximum absolute atomic E-state index is 12.1. The Morgan fingerprint density at radius 3 is 2.71 bits per heavy atom. The van der Waals surface area contributed by atoms with Gasteiger partial charge in [-0.25, -0.2) is 8.78 Å². The van der Waals surface area contributed by atoms with Gasteiger partial charge in [0.2, 0.25) is 0 Å². The van der Waals surface area contributed by atoms with Crippen LogP contribution in [0, 0.1) is 0 Å². The second-order valence-corrected chi connectivity index (χ2v) is 5.58. The second kappa shape index (κ2) is 9.33. The number of ether oxygens (including phenoxy) is 1. The Balaban J connectivity index is 2.74. The van der Waals surface area contributed by atoms with Crippen LogP contribution in [0.1, 0.15) is 51.4 Å². The van der Waals surface area contributed by atoms with E-state index in [2.05, 4.69) is 17.3 Å². The molecular weight excluding hydrogens is 300 g/mol. The van der Waals surface area contributed by atoms with E-state index in [1.165, 1.54) is 0 Å². The Labute approximate surface area is 129 Å². The van der Waals surface area contributed by atoms with Gasteiger partial charge in [-0.05, 0) is 33.2 Å². The summed E-state index contributed by atoms with van der Waals surface area (Å²) in [6.45, 7) is 6.66. The molecular formula is C14H24ClF2N3O. The molecule has 0 fully saturated rings. The summed E-state index contributed by atoms with van der Waals surface area (Å²) >= 11 is 6.24. The van der Waals surface area contributed by atoms with Crippen LogP contribution < -0.4 is 5.32 Å². The third kappa shape index (κ3) is 5.88. The number of halogens is 3. The Morgan fingerprint density at radius 1 is 1.43 bits per heavy atom. The minimum absolute atomic E-state index is 0.0555. The van der Waals surface area contributed by atoms with E-state index in [0.717, 1.165) is 18.7 Å². The zero-order valence-corrected chi connectivity index (χ0v) is 13.5. The predicted octanol–water partition coefficient (Wildman–Crippen LogP) is 3.83. The Hall–Kier alpha value is -0.720. The molecule has 1 aromatic heterocycles. The van der Waals surface area contributed by atoms with E-state index in [9.17, 15) is 8.78 Å². The lowest BCUT2D eigenvalue weighted by Crippen LogP contribution is -2.27. The van der Waals surface area contributed by atoms with Gasteiger partial charge < -0.3 is 10.1 Å². The molecule has 1 heterocycles. The van der Waals surface area contributed by atoms with Gasteiger partial charge in [-0.15, -0.1) is 0 Å². The molecule has 4 nitrogen and oxygen atoms in total. The molecule has 1 unspecified atom stereocenters. The minimum Gasteiger partial charge on any atom is -0.375 e. The van der Waals surface area contributed by atoms with Crippen molar-refractivity contribution >= 4 is 11.6 Å². The molecule has 0 saturated carbocycles. The van der Waals surface area contributed by atoms with E-state index in [0.29, 0.717) is 11.4 Å². The highest BCUT2D eigenvalue weighted by molar-refractivity contribution is 6.31. The van der Waals surface area contributed by atoms with Gasteiger partial charge in [0.25, 0.3) is 6.43 Å². The molecule has 0 spiro atoms. The lowest BCUT2D eigenvalue weighted by Gasteiger charge is -2.22. The minimum atomic E-state index is -2.43. The summed E-state index contributed by atoms with van der Waals surface area (Å²) in [5, 5.41) is 8.26. The van der Waals surface area contributed by atoms with Crippen molar-refractivity contribution in [3.8, 4) is 0 Å². The summed E-state index contributed by atoms with van der Waals surface area (Å²) in [5.74, 6) is 0. The second-order valence-electron chi connectivity index (χ2n) is 5.18. The molecule has 0 amide bonds. The first-order chi connectivity index (χ1) is 9.97. The monoisotopic (exact) mass is 323 g/mol. The molecule has 0 radical (unpaired) electrons. The number of hydrogen-bond donors (Lipinski definition) is 1. The molecule has 122 valence electrons. The normalized spacial score (nSPS) is 13.3. The van der Waals surface area contributed by atoms with Gasteiger partial charge in [0, 0.05) is 12.6 Å². The van der Waals surface area contributed by atoms with E-state index in [4.69, 9.17) is 16.3 Å². The number of nitrogens with zero attached hydrogens (tertiary/aromatic N) is 2. The van der Waals surface area contributed by atoms with Crippen molar-refractivity contribution in [1.29, 1.82) is 0 Å². The Bertz CT molecular complexity index is 413. The van der Waals surface area contributed by atoms with Crippen LogP contribution in [0.15, 0.2) is 6.20 Å². The molecule has 0 bridgehead atoms. The SMILES string of the molecule is CCCNC(CCOCC(F)F)c1c(Cl)cnn1C(C)C. The highest BCUT2D eigenvalue weighted by Crippen LogP contribution is 2.27. The van der Waals surface area contributed by atoms with Crippen LogP contribution >= 0.6 is 11.6 Å². The summed E-state index contributed by atoms with van der Waals surface area (Å²) in [4.78, 5) is 0. The van der Waals surface area contributed by atoms with Crippen molar-refractivity contribution in [2.45, 2.75) is 52.1 Å². The average molecular weight is 324 g/mol. The van der Waals surface area contributed by atoms with Gasteiger partial charge in [0.1, 0.15) is 6.61 Å². The van der Waals surface area contributed by atoms with Crippen LogP contribution in [0.25, 0.3) is 0 Å². The number of aromatic nitrogens is 2. The Kier molecular flexibility index (Phi) is 8.14. The highest BCUT2D eigenvalue weighted by atomic mass is 35.5. The molecule has 21 heavy (non-hydrogen) atoms. The van der Waals surface area contributed by atoms with Gasteiger partial charge in [-0.2, -0.15) is 5.10 Å². The van der Waals surface area contributed by atoms with Crippen LogP contribution in [0.3, 0.4) is 0 Å². The fourth-order valence-corrected chi connectivity index (χ4v) is 2.38. The summed E-state index contributed by atoms with van der Waals surface area (Å²) in [7, 11) is 0. The molecule has 1 aromatic rings. The Morgan fingerprint density at radius 2 is 2.14 bits per heavy atom. The lowest BCUT2D eigenvalue weighted by molar-refractivity contribution is 0.0141. The van der Waals surface area contributed by atoms with Gasteiger partial charge in [0.05, 0.1) is 23.0 Å². The highest BCUT2D eigenvalue weighted by Gasteiger charge is 2.21. The topological polar surface area (TPSA) is 39.1 Å². The van der Waals surface area contributed by atoms with Crippen molar-refractivity contribution in [2.75, 3.05) is 19.8 Å². The smallest absolute Gasteiger partial charge is 0.261 e. The van der Waals surface area contributed by atoms with Gasteiger partial charge >= 0.3 is 0 Å². The fraction of sp³-hybridized carbons (Fsp3) is 0.786. The van der Waals surface area contributed by atoms with Gasteiger partial charge in [-0.1, -0.05) is 18.5 Å². The average Bonchev–Trinajstić information content (AvgIpc) is 2.80. The van der Waals surface area contributed by atoms with Crippen LogP contribution in [0.2, 0.25) is 5.02 Å². The largest absolute Gasteiger partial charge is 0.375 e. The molecule has 0 aliphatic carbocycles. The van der Waals surface area contributed by atoms with Crippen molar-refractivity contribution in [3.05, 3.63) is 16.9 Å². The standard InChI is InChI=1S/C14H24ClF2N3O/c1-4-6-18-12(5-7-21-9-13(16)17)14-11(15)8-19-20(14)10(2)3/h8,10,12-13,18H,4-7,9H2,1-3H3. The molecule has 7 heteroatoms. The number of nitrogens with one attached hydrogen (secondary N) is 1. The molecule has 1 atom stereocenters. The molecule has 0 aliphatic heterocycles. The quantitative estimate of drug-likeness (QED) is 0.665. The van der Waals surface area contributed by atoms with Crippen molar-refractivity contribution < 1.29 is 13.5 Å². The van der Waals surface area contributed by atoms with Crippen LogP contribution in [0.4, 0.5) is 8.78 Å². The number of rotatable bonds is 10. The maximum atomic E-state index is 12.1. The van der Waals surface area contributed by atoms with E-state index < -0.39 is 13.0 Å². The fourth-order valence-electron chi connectivity index (χ4n) is 2.12.